The van der Waals surface area contributed by atoms with Crippen LogP contribution >= 0.6 is 0 Å². The number of carbonyl (C=O) groups is 1. The number of rotatable bonds is 3. The smallest absolute Gasteiger partial charge is 0.317 e. The minimum absolute atomic E-state index is 0.0590. The van der Waals surface area contributed by atoms with Crippen LogP contribution in [-0.4, -0.2) is 24.3 Å². The van der Waals surface area contributed by atoms with Crippen LogP contribution in [-0.2, 0) is 4.79 Å². The van der Waals surface area contributed by atoms with E-state index in [1.54, 1.807) is 0 Å². The fraction of sp³-hybridized carbons (Fsp3) is 0.667. The van der Waals surface area contributed by atoms with Gasteiger partial charge in [-0.15, -0.1) is 0 Å². The predicted octanol–water partition coefficient (Wildman–Crippen LogP) is -1.42. The van der Waals surface area contributed by atoms with E-state index in [-0.39, 0.29) is 13.2 Å². The quantitative estimate of drug-likeness (QED) is 0.384. The third kappa shape index (κ3) is 5.39. The first-order valence-corrected chi connectivity index (χ1v) is 1.90. The van der Waals surface area contributed by atoms with Crippen molar-refractivity contribution in [3.63, 3.8) is 0 Å². The van der Waals surface area contributed by atoms with Gasteiger partial charge in [0.1, 0.15) is 0 Å². The van der Waals surface area contributed by atoms with Crippen LogP contribution in [0, 0.1) is 0 Å². The second kappa shape index (κ2) is 3.58. The van der Waals surface area contributed by atoms with E-state index in [1.807, 2.05) is 0 Å². The fourth-order valence-electron chi connectivity index (χ4n) is 0.179. The lowest BCUT2D eigenvalue weighted by Gasteiger charge is -1.90. The molecule has 42 valence electrons. The highest BCUT2D eigenvalue weighted by molar-refractivity contribution is 5.68. The van der Waals surface area contributed by atoms with E-state index in [0.29, 0.717) is 0 Å². The molecular formula is C3H8N2O2. The van der Waals surface area contributed by atoms with E-state index >= 15 is 0 Å². The molecule has 0 aromatic heterocycles. The summed E-state index contributed by atoms with van der Waals surface area (Å²) in [6.45, 7) is 0.156. The van der Waals surface area contributed by atoms with Gasteiger partial charge in [0.05, 0.1) is 6.54 Å². The van der Waals surface area contributed by atoms with Crippen LogP contribution in [0.1, 0.15) is 0 Å². The minimum Gasteiger partial charge on any atom is -0.480 e. The summed E-state index contributed by atoms with van der Waals surface area (Å²) in [5.41, 5.74) is 4.90. The van der Waals surface area contributed by atoms with E-state index in [9.17, 15) is 4.79 Å². The molecule has 7 heavy (non-hydrogen) atoms. The van der Waals surface area contributed by atoms with Crippen LogP contribution in [0.2, 0.25) is 0 Å². The van der Waals surface area contributed by atoms with Crippen molar-refractivity contribution in [2.24, 2.45) is 5.73 Å². The Morgan fingerprint density at radius 2 is 2.43 bits per heavy atom. The van der Waals surface area contributed by atoms with Crippen LogP contribution in [0.4, 0.5) is 0 Å². The molecule has 0 radical (unpaired) electrons. The first-order valence-electron chi connectivity index (χ1n) is 1.90. The van der Waals surface area contributed by atoms with Crippen molar-refractivity contribution >= 4 is 5.97 Å². The van der Waals surface area contributed by atoms with Gasteiger partial charge < -0.3 is 10.8 Å². The normalized spacial score (nSPS) is 8.71. The maximum atomic E-state index is 9.64. The molecule has 0 aliphatic rings. The van der Waals surface area contributed by atoms with Crippen molar-refractivity contribution in [2.75, 3.05) is 13.2 Å². The molecule has 0 amide bonds. The SMILES string of the molecule is NCNCC(=O)O. The fourth-order valence-corrected chi connectivity index (χ4v) is 0.179. The van der Waals surface area contributed by atoms with Gasteiger partial charge in [-0.1, -0.05) is 0 Å². The Kier molecular flexibility index (Phi) is 3.26. The third-order valence-electron chi connectivity index (χ3n) is 0.421. The summed E-state index contributed by atoms with van der Waals surface area (Å²) in [6, 6.07) is 0. The van der Waals surface area contributed by atoms with Gasteiger partial charge in [-0.05, 0) is 0 Å². The highest BCUT2D eigenvalue weighted by atomic mass is 16.4. The Hall–Kier alpha value is -0.610. The van der Waals surface area contributed by atoms with Gasteiger partial charge in [0.15, 0.2) is 0 Å². The summed E-state index contributed by atoms with van der Waals surface area (Å²) in [5, 5.41) is 10.4. The molecule has 0 aliphatic carbocycles. The van der Waals surface area contributed by atoms with Crippen LogP contribution in [0.25, 0.3) is 0 Å². The molecular weight excluding hydrogens is 96.0 g/mol. The second-order valence-electron chi connectivity index (χ2n) is 1.02. The first kappa shape index (κ1) is 6.39. The van der Waals surface area contributed by atoms with E-state index < -0.39 is 5.97 Å². The van der Waals surface area contributed by atoms with Gasteiger partial charge in [-0.2, -0.15) is 0 Å². The molecule has 0 aliphatic heterocycles. The average molecular weight is 104 g/mol. The Labute approximate surface area is 41.3 Å². The molecule has 0 saturated carbocycles. The molecule has 4 N–H and O–H groups in total. The van der Waals surface area contributed by atoms with Gasteiger partial charge in [0.25, 0.3) is 0 Å². The van der Waals surface area contributed by atoms with Gasteiger partial charge in [0, 0.05) is 6.67 Å². The standard InChI is InChI=1S/C3H8N2O2/c4-2-5-1-3(6)7/h5H,1-2,4H2,(H,6,7). The lowest BCUT2D eigenvalue weighted by molar-refractivity contribution is -0.135. The zero-order chi connectivity index (χ0) is 5.70. The summed E-state index contributed by atoms with van der Waals surface area (Å²) < 4.78 is 0. The van der Waals surface area contributed by atoms with E-state index in [0.717, 1.165) is 0 Å². The summed E-state index contributed by atoms with van der Waals surface area (Å²) in [4.78, 5) is 9.64. The molecule has 0 bridgehead atoms. The zero-order valence-corrected chi connectivity index (χ0v) is 3.85. The largest absolute Gasteiger partial charge is 0.480 e. The van der Waals surface area contributed by atoms with E-state index in [2.05, 4.69) is 5.32 Å². The van der Waals surface area contributed by atoms with Crippen molar-refractivity contribution in [3.05, 3.63) is 0 Å². The molecule has 0 rings (SSSR count). The van der Waals surface area contributed by atoms with Crippen molar-refractivity contribution in [1.29, 1.82) is 0 Å². The number of carboxylic acid groups (broad SMARTS) is 1. The Bertz CT molecular complexity index is 64.0. The van der Waals surface area contributed by atoms with Crippen LogP contribution in [0.3, 0.4) is 0 Å². The summed E-state index contributed by atoms with van der Waals surface area (Å²) >= 11 is 0. The van der Waals surface area contributed by atoms with Crippen molar-refractivity contribution in [3.8, 4) is 0 Å². The molecule has 0 aromatic carbocycles. The second-order valence-corrected chi connectivity index (χ2v) is 1.02. The molecule has 0 aromatic rings. The molecule has 0 spiro atoms. The molecule has 0 unspecified atom stereocenters. The molecule has 0 heterocycles. The summed E-state index contributed by atoms with van der Waals surface area (Å²) in [6.07, 6.45) is 0. The third-order valence-corrected chi connectivity index (χ3v) is 0.421. The van der Waals surface area contributed by atoms with E-state index in [4.69, 9.17) is 10.8 Å². The molecule has 4 heteroatoms. The van der Waals surface area contributed by atoms with Crippen LogP contribution < -0.4 is 11.1 Å². The van der Waals surface area contributed by atoms with E-state index in [1.165, 1.54) is 0 Å². The number of hydrogen-bond acceptors (Lipinski definition) is 3. The van der Waals surface area contributed by atoms with Gasteiger partial charge in [0.2, 0.25) is 0 Å². The number of carboxylic acids is 1. The average Bonchev–Trinajstić information content (AvgIpc) is 1.61. The monoisotopic (exact) mass is 104 g/mol. The molecule has 4 nitrogen and oxygen atoms in total. The highest BCUT2D eigenvalue weighted by Gasteiger charge is 1.89. The number of nitrogens with one attached hydrogen (secondary N) is 1. The number of aliphatic carboxylic acids is 1. The zero-order valence-electron chi connectivity index (χ0n) is 3.85. The van der Waals surface area contributed by atoms with Crippen LogP contribution in [0.5, 0.6) is 0 Å². The topological polar surface area (TPSA) is 75.3 Å². The molecule has 0 atom stereocenters. The Morgan fingerprint density at radius 1 is 1.86 bits per heavy atom. The van der Waals surface area contributed by atoms with Gasteiger partial charge >= 0.3 is 5.97 Å². The van der Waals surface area contributed by atoms with Crippen molar-refractivity contribution < 1.29 is 9.90 Å². The predicted molar refractivity (Wildman–Crippen MR) is 24.7 cm³/mol. The molecule has 0 saturated heterocycles. The minimum atomic E-state index is -0.884. The Balaban J connectivity index is 2.82. The summed E-state index contributed by atoms with van der Waals surface area (Å²) in [5.74, 6) is -0.884. The Morgan fingerprint density at radius 3 is 2.57 bits per heavy atom. The van der Waals surface area contributed by atoms with Crippen molar-refractivity contribution in [2.45, 2.75) is 0 Å². The van der Waals surface area contributed by atoms with Gasteiger partial charge in [-0.3, -0.25) is 10.1 Å². The highest BCUT2D eigenvalue weighted by Crippen LogP contribution is 1.53. The maximum Gasteiger partial charge on any atom is 0.317 e. The lowest BCUT2D eigenvalue weighted by Crippen LogP contribution is -2.27. The first-order chi connectivity index (χ1) is 3.27. The number of hydrogen-bond donors (Lipinski definition) is 3. The number of nitrogens with two attached hydrogens (primary N) is 1. The summed E-state index contributed by atoms with van der Waals surface area (Å²) in [7, 11) is 0. The van der Waals surface area contributed by atoms with Gasteiger partial charge in [-0.25, -0.2) is 0 Å². The molecule has 0 fully saturated rings. The lowest BCUT2D eigenvalue weighted by atomic mass is 10.7. The maximum absolute atomic E-state index is 9.64. The van der Waals surface area contributed by atoms with Crippen LogP contribution in [0.15, 0.2) is 0 Å². The van der Waals surface area contributed by atoms with Crippen molar-refractivity contribution in [1.82, 2.24) is 5.32 Å².